The molecule has 0 bridgehead atoms. The topological polar surface area (TPSA) is 63.0 Å². The van der Waals surface area contributed by atoms with Crippen molar-refractivity contribution in [3.8, 4) is 5.75 Å². The molecule has 26 heavy (non-hydrogen) atoms. The Labute approximate surface area is 153 Å². The van der Waals surface area contributed by atoms with Crippen molar-refractivity contribution in [3.05, 3.63) is 54.0 Å². The van der Waals surface area contributed by atoms with Crippen LogP contribution in [0.3, 0.4) is 0 Å². The number of carbonyl (C=O) groups is 2. The van der Waals surface area contributed by atoms with Gasteiger partial charge in [0.05, 0.1) is 24.0 Å². The normalized spacial score (nSPS) is 14.8. The fourth-order valence-corrected chi connectivity index (χ4v) is 3.04. The highest BCUT2D eigenvalue weighted by Crippen LogP contribution is 2.21. The molecule has 2 amide bonds. The summed E-state index contributed by atoms with van der Waals surface area (Å²) in [5, 5.41) is 0. The minimum Gasteiger partial charge on any atom is -0.493 e. The van der Waals surface area contributed by atoms with E-state index < -0.39 is 0 Å². The van der Waals surface area contributed by atoms with Crippen LogP contribution in [-0.4, -0.2) is 54.4 Å². The first-order valence-electron chi connectivity index (χ1n) is 9.03. The van der Waals surface area contributed by atoms with E-state index >= 15 is 0 Å². The summed E-state index contributed by atoms with van der Waals surface area (Å²) in [6, 6.07) is 9.01. The van der Waals surface area contributed by atoms with E-state index in [-0.39, 0.29) is 11.8 Å². The van der Waals surface area contributed by atoms with E-state index in [0.29, 0.717) is 49.7 Å². The molecule has 138 valence electrons. The van der Waals surface area contributed by atoms with Gasteiger partial charge in [0.2, 0.25) is 0 Å². The molecule has 1 aromatic carbocycles. The number of hydrogen-bond acceptors (Lipinski definition) is 4. The third-order valence-corrected chi connectivity index (χ3v) is 4.42. The van der Waals surface area contributed by atoms with Crippen LogP contribution in [0.4, 0.5) is 0 Å². The van der Waals surface area contributed by atoms with Gasteiger partial charge in [-0.25, -0.2) is 0 Å². The standard InChI is InChI=1S/C20H24N2O4/c1-2-13-26-18-7-4-3-6-17(18)20(24)22-10-5-9-21(11-12-22)19(23)16-8-14-25-15-16/h3-4,6-8,14-15H,2,5,9-13H2,1H3. The van der Waals surface area contributed by atoms with Crippen LogP contribution in [0.15, 0.2) is 47.3 Å². The lowest BCUT2D eigenvalue weighted by molar-refractivity contribution is 0.0716. The van der Waals surface area contributed by atoms with Crippen LogP contribution in [0.25, 0.3) is 0 Å². The van der Waals surface area contributed by atoms with Crippen molar-refractivity contribution in [1.29, 1.82) is 0 Å². The third-order valence-electron chi connectivity index (χ3n) is 4.42. The number of benzene rings is 1. The van der Waals surface area contributed by atoms with Gasteiger partial charge in [-0.05, 0) is 31.0 Å². The monoisotopic (exact) mass is 356 g/mol. The molecule has 0 N–H and O–H groups in total. The number of rotatable bonds is 5. The summed E-state index contributed by atoms with van der Waals surface area (Å²) in [5.74, 6) is 0.518. The average Bonchev–Trinajstić information content (AvgIpc) is 3.10. The number of carbonyl (C=O) groups excluding carboxylic acids is 2. The molecule has 3 rings (SSSR count). The van der Waals surface area contributed by atoms with Crippen molar-refractivity contribution in [2.24, 2.45) is 0 Å². The van der Waals surface area contributed by atoms with Gasteiger partial charge in [0.15, 0.2) is 0 Å². The number of nitrogens with zero attached hydrogens (tertiary/aromatic N) is 2. The minimum absolute atomic E-state index is 0.0469. The van der Waals surface area contributed by atoms with E-state index in [4.69, 9.17) is 9.15 Å². The molecule has 2 heterocycles. The van der Waals surface area contributed by atoms with Gasteiger partial charge in [0, 0.05) is 26.2 Å². The van der Waals surface area contributed by atoms with E-state index in [1.807, 2.05) is 25.1 Å². The van der Waals surface area contributed by atoms with E-state index in [1.54, 1.807) is 21.9 Å². The zero-order chi connectivity index (χ0) is 18.4. The maximum atomic E-state index is 13.0. The maximum absolute atomic E-state index is 13.0. The lowest BCUT2D eigenvalue weighted by Crippen LogP contribution is -2.37. The molecular formula is C20H24N2O4. The summed E-state index contributed by atoms with van der Waals surface area (Å²) in [5.41, 5.74) is 1.12. The molecule has 0 aliphatic carbocycles. The molecule has 0 radical (unpaired) electrons. The molecule has 0 atom stereocenters. The molecule has 1 aliphatic rings. The van der Waals surface area contributed by atoms with Gasteiger partial charge in [0.1, 0.15) is 12.0 Å². The molecule has 6 nitrogen and oxygen atoms in total. The lowest BCUT2D eigenvalue weighted by Gasteiger charge is -2.23. The Morgan fingerprint density at radius 3 is 2.46 bits per heavy atom. The first kappa shape index (κ1) is 18.0. The molecule has 1 aromatic heterocycles. The summed E-state index contributed by atoms with van der Waals surface area (Å²) < 4.78 is 10.7. The summed E-state index contributed by atoms with van der Waals surface area (Å²) in [7, 11) is 0. The third kappa shape index (κ3) is 4.07. The molecule has 0 saturated carbocycles. The van der Waals surface area contributed by atoms with E-state index in [2.05, 4.69) is 0 Å². The second-order valence-corrected chi connectivity index (χ2v) is 6.29. The maximum Gasteiger partial charge on any atom is 0.257 e. The Bertz CT molecular complexity index is 742. The van der Waals surface area contributed by atoms with Crippen molar-refractivity contribution in [1.82, 2.24) is 9.80 Å². The predicted molar refractivity (Wildman–Crippen MR) is 97.4 cm³/mol. The van der Waals surface area contributed by atoms with Gasteiger partial charge in [-0.15, -0.1) is 0 Å². The fourth-order valence-electron chi connectivity index (χ4n) is 3.04. The highest BCUT2D eigenvalue weighted by Gasteiger charge is 2.25. The summed E-state index contributed by atoms with van der Waals surface area (Å²) >= 11 is 0. The van der Waals surface area contributed by atoms with Crippen LogP contribution in [0.1, 0.15) is 40.5 Å². The van der Waals surface area contributed by atoms with E-state index in [9.17, 15) is 9.59 Å². The van der Waals surface area contributed by atoms with Crippen LogP contribution in [0.2, 0.25) is 0 Å². The second kappa shape index (κ2) is 8.56. The summed E-state index contributed by atoms with van der Waals surface area (Å²) in [6.45, 7) is 4.87. The Hall–Kier alpha value is -2.76. The quantitative estimate of drug-likeness (QED) is 0.826. The van der Waals surface area contributed by atoms with Gasteiger partial charge in [-0.3, -0.25) is 9.59 Å². The van der Waals surface area contributed by atoms with Gasteiger partial charge in [-0.2, -0.15) is 0 Å². The van der Waals surface area contributed by atoms with Crippen LogP contribution in [0.5, 0.6) is 5.75 Å². The Morgan fingerprint density at radius 1 is 1.04 bits per heavy atom. The molecular weight excluding hydrogens is 332 g/mol. The smallest absolute Gasteiger partial charge is 0.257 e. The van der Waals surface area contributed by atoms with Crippen molar-refractivity contribution in [3.63, 3.8) is 0 Å². The highest BCUT2D eigenvalue weighted by atomic mass is 16.5. The van der Waals surface area contributed by atoms with Gasteiger partial charge < -0.3 is 19.0 Å². The summed E-state index contributed by atoms with van der Waals surface area (Å²) in [4.78, 5) is 29.0. The Balaban J connectivity index is 1.67. The van der Waals surface area contributed by atoms with Crippen LogP contribution < -0.4 is 4.74 Å². The lowest BCUT2D eigenvalue weighted by atomic mass is 10.1. The number of hydrogen-bond donors (Lipinski definition) is 0. The van der Waals surface area contributed by atoms with E-state index in [1.165, 1.54) is 12.5 Å². The zero-order valence-electron chi connectivity index (χ0n) is 15.0. The summed E-state index contributed by atoms with van der Waals surface area (Å²) in [6.07, 6.45) is 4.58. The van der Waals surface area contributed by atoms with Gasteiger partial charge in [-0.1, -0.05) is 19.1 Å². The SMILES string of the molecule is CCCOc1ccccc1C(=O)N1CCCN(C(=O)c2ccoc2)CC1. The molecule has 0 spiro atoms. The fraction of sp³-hybridized carbons (Fsp3) is 0.400. The predicted octanol–water partition coefficient (Wildman–Crippen LogP) is 3.06. The van der Waals surface area contributed by atoms with Crippen molar-refractivity contribution < 1.29 is 18.7 Å². The molecule has 1 fully saturated rings. The van der Waals surface area contributed by atoms with Gasteiger partial charge >= 0.3 is 0 Å². The van der Waals surface area contributed by atoms with Crippen molar-refractivity contribution in [2.45, 2.75) is 19.8 Å². The van der Waals surface area contributed by atoms with Gasteiger partial charge in [0.25, 0.3) is 11.8 Å². The van der Waals surface area contributed by atoms with Crippen molar-refractivity contribution >= 4 is 11.8 Å². The molecule has 2 aromatic rings. The largest absolute Gasteiger partial charge is 0.493 e. The molecule has 6 heteroatoms. The molecule has 0 unspecified atom stereocenters. The first-order valence-corrected chi connectivity index (χ1v) is 9.03. The number of amides is 2. The number of para-hydroxylation sites is 1. The number of ether oxygens (including phenoxy) is 1. The second-order valence-electron chi connectivity index (χ2n) is 6.29. The minimum atomic E-state index is -0.0558. The zero-order valence-corrected chi connectivity index (χ0v) is 15.0. The van der Waals surface area contributed by atoms with Crippen molar-refractivity contribution in [2.75, 3.05) is 32.8 Å². The van der Waals surface area contributed by atoms with E-state index in [0.717, 1.165) is 12.8 Å². The molecule has 1 aliphatic heterocycles. The number of furan rings is 1. The van der Waals surface area contributed by atoms with Crippen LogP contribution in [0, 0.1) is 0 Å². The Kier molecular flexibility index (Phi) is 5.94. The van der Waals surface area contributed by atoms with Crippen LogP contribution in [-0.2, 0) is 0 Å². The van der Waals surface area contributed by atoms with Crippen LogP contribution >= 0.6 is 0 Å². The first-order chi connectivity index (χ1) is 12.7. The molecule has 1 saturated heterocycles. The Morgan fingerprint density at radius 2 is 1.77 bits per heavy atom. The highest BCUT2D eigenvalue weighted by molar-refractivity contribution is 5.97. The average molecular weight is 356 g/mol.